The molecule has 1 fully saturated rings. The molecule has 9 nitrogen and oxygen atoms in total. The number of aliphatic hydroxyl groups is 1. The van der Waals surface area contributed by atoms with E-state index in [-0.39, 0.29) is 18.6 Å². The van der Waals surface area contributed by atoms with E-state index < -0.39 is 36.4 Å². The molecule has 0 radical (unpaired) electrons. The van der Waals surface area contributed by atoms with Gasteiger partial charge in [-0.25, -0.2) is 18.7 Å². The molecule has 3 unspecified atom stereocenters. The second-order valence-electron chi connectivity index (χ2n) is 8.98. The van der Waals surface area contributed by atoms with Gasteiger partial charge < -0.3 is 20.5 Å². The van der Waals surface area contributed by atoms with E-state index in [4.69, 9.17) is 10.00 Å². The second-order valence-corrected chi connectivity index (χ2v) is 8.98. The Kier molecular flexibility index (Phi) is 6.95. The third kappa shape index (κ3) is 5.39. The van der Waals surface area contributed by atoms with Gasteiger partial charge in [0.25, 0.3) is 5.91 Å². The predicted molar refractivity (Wildman–Crippen MR) is 125 cm³/mol. The van der Waals surface area contributed by atoms with Crippen LogP contribution in [0.15, 0.2) is 36.8 Å². The molecular formula is C24H26F2N6O3. The third-order valence-electron chi connectivity index (χ3n) is 5.86. The Morgan fingerprint density at radius 2 is 2.20 bits per heavy atom. The van der Waals surface area contributed by atoms with Gasteiger partial charge in [0.1, 0.15) is 29.9 Å². The molecule has 0 bridgehead atoms. The number of fused-ring (bicyclic) bond motifs is 1. The first-order chi connectivity index (χ1) is 16.7. The number of rotatable bonds is 7. The van der Waals surface area contributed by atoms with Crippen LogP contribution in [0.1, 0.15) is 36.2 Å². The van der Waals surface area contributed by atoms with Gasteiger partial charge in [-0.05, 0) is 26.0 Å². The number of ether oxygens (including phenoxy) is 1. The number of carbonyl (C=O) groups excluding carboxylic acids is 1. The summed E-state index contributed by atoms with van der Waals surface area (Å²) in [4.78, 5) is 21.6. The lowest BCUT2D eigenvalue weighted by Crippen LogP contribution is -2.43. The van der Waals surface area contributed by atoms with Crippen LogP contribution in [0.2, 0.25) is 0 Å². The lowest BCUT2D eigenvalue weighted by Gasteiger charge is -2.28. The van der Waals surface area contributed by atoms with Crippen molar-refractivity contribution in [2.75, 3.05) is 25.1 Å². The van der Waals surface area contributed by atoms with Crippen molar-refractivity contribution in [1.82, 2.24) is 19.9 Å². The molecule has 1 amide bonds. The van der Waals surface area contributed by atoms with Crippen LogP contribution < -0.4 is 10.6 Å². The Morgan fingerprint density at radius 1 is 1.40 bits per heavy atom. The van der Waals surface area contributed by atoms with Crippen molar-refractivity contribution >= 4 is 22.6 Å². The highest BCUT2D eigenvalue weighted by molar-refractivity contribution is 5.99. The maximum absolute atomic E-state index is 14.5. The average molecular weight is 485 g/mol. The summed E-state index contributed by atoms with van der Waals surface area (Å²) in [5.41, 5.74) is -0.272. The third-order valence-corrected chi connectivity index (χ3v) is 5.86. The van der Waals surface area contributed by atoms with Crippen LogP contribution in [0.3, 0.4) is 0 Å². The Balaban J connectivity index is 1.67. The first-order valence-corrected chi connectivity index (χ1v) is 11.2. The smallest absolute Gasteiger partial charge is 0.255 e. The molecule has 0 saturated carbocycles. The Labute approximate surface area is 200 Å². The van der Waals surface area contributed by atoms with E-state index >= 15 is 0 Å². The molecule has 0 aromatic carbocycles. The number of anilines is 1. The minimum absolute atomic E-state index is 0.0886. The number of hydrogen-bond donors (Lipinski definition) is 3. The van der Waals surface area contributed by atoms with Gasteiger partial charge in [0.2, 0.25) is 0 Å². The van der Waals surface area contributed by atoms with Gasteiger partial charge in [-0.15, -0.1) is 0 Å². The molecule has 184 valence electrons. The van der Waals surface area contributed by atoms with Gasteiger partial charge in [-0.1, -0.05) is 0 Å². The second kappa shape index (κ2) is 9.93. The fraction of sp³-hybridized carbons (Fsp3) is 0.417. The van der Waals surface area contributed by atoms with Crippen LogP contribution in [-0.2, 0) is 4.74 Å². The quantitative estimate of drug-likeness (QED) is 0.471. The lowest BCUT2D eigenvalue weighted by atomic mass is 10.0. The molecule has 3 aromatic rings. The van der Waals surface area contributed by atoms with Gasteiger partial charge in [0.05, 0.1) is 41.6 Å². The van der Waals surface area contributed by atoms with Crippen molar-refractivity contribution in [2.45, 2.75) is 44.3 Å². The van der Waals surface area contributed by atoms with Gasteiger partial charge in [0, 0.05) is 43.1 Å². The van der Waals surface area contributed by atoms with Crippen LogP contribution in [0.25, 0.3) is 16.9 Å². The average Bonchev–Trinajstić information content (AvgIpc) is 3.26. The highest BCUT2D eigenvalue weighted by Gasteiger charge is 2.29. The highest BCUT2D eigenvalue weighted by Crippen LogP contribution is 2.25. The Morgan fingerprint density at radius 3 is 2.91 bits per heavy atom. The molecule has 1 aliphatic rings. The SMILES string of the molecule is CC(C)(O)C(F)CNC(=O)c1cnc(-n2ccc3cc(C#N)cnc32)cc1NC1COCCC1F. The van der Waals surface area contributed by atoms with E-state index in [2.05, 4.69) is 20.6 Å². The van der Waals surface area contributed by atoms with Gasteiger partial charge in [-0.3, -0.25) is 9.36 Å². The molecule has 1 aliphatic heterocycles. The first kappa shape index (κ1) is 24.5. The molecule has 4 rings (SSSR count). The molecule has 11 heteroatoms. The molecular weight excluding hydrogens is 458 g/mol. The van der Waals surface area contributed by atoms with Crippen molar-refractivity contribution in [3.63, 3.8) is 0 Å². The van der Waals surface area contributed by atoms with E-state index in [1.165, 1.54) is 26.2 Å². The van der Waals surface area contributed by atoms with Crippen molar-refractivity contribution < 1.29 is 23.4 Å². The molecule has 4 heterocycles. The van der Waals surface area contributed by atoms with Crippen molar-refractivity contribution in [1.29, 1.82) is 5.26 Å². The Hall–Kier alpha value is -3.62. The van der Waals surface area contributed by atoms with E-state index in [1.807, 2.05) is 6.07 Å². The zero-order valence-electron chi connectivity index (χ0n) is 19.3. The number of nitrogens with zero attached hydrogens (tertiary/aromatic N) is 4. The number of aromatic nitrogens is 3. The summed E-state index contributed by atoms with van der Waals surface area (Å²) in [7, 11) is 0. The zero-order valence-corrected chi connectivity index (χ0v) is 19.3. The fourth-order valence-corrected chi connectivity index (χ4v) is 3.72. The standard InChI is InChI=1S/C24H26F2N6O3/c1-24(2,34)20(26)12-30-23(33)16-11-28-21(8-18(16)31-19-13-35-6-4-17(19)25)32-5-3-15-7-14(9-27)10-29-22(15)32/h3,5,7-8,10-11,17,19-20,34H,4,6,12-13H2,1-2H3,(H,28,31)(H,30,33). The molecule has 3 aromatic heterocycles. The number of alkyl halides is 2. The summed E-state index contributed by atoms with van der Waals surface area (Å²) in [6, 6.07) is 6.42. The highest BCUT2D eigenvalue weighted by atomic mass is 19.1. The monoisotopic (exact) mass is 484 g/mol. The van der Waals surface area contributed by atoms with Crippen molar-refractivity contribution in [3.8, 4) is 11.9 Å². The number of hydrogen-bond acceptors (Lipinski definition) is 7. The number of amides is 1. The van der Waals surface area contributed by atoms with E-state index in [9.17, 15) is 18.7 Å². The van der Waals surface area contributed by atoms with E-state index in [1.54, 1.807) is 29.0 Å². The van der Waals surface area contributed by atoms with Gasteiger partial charge in [0.15, 0.2) is 0 Å². The molecule has 3 N–H and O–H groups in total. The molecule has 0 spiro atoms. The fourth-order valence-electron chi connectivity index (χ4n) is 3.72. The van der Waals surface area contributed by atoms with Crippen LogP contribution in [0.4, 0.5) is 14.5 Å². The summed E-state index contributed by atoms with van der Waals surface area (Å²) in [5, 5.41) is 25.1. The maximum atomic E-state index is 14.5. The summed E-state index contributed by atoms with van der Waals surface area (Å²) < 4.78 is 35.8. The molecule has 35 heavy (non-hydrogen) atoms. The summed E-state index contributed by atoms with van der Waals surface area (Å²) >= 11 is 0. The van der Waals surface area contributed by atoms with Gasteiger partial charge >= 0.3 is 0 Å². The number of halogens is 2. The minimum Gasteiger partial charge on any atom is -0.387 e. The minimum atomic E-state index is -1.69. The van der Waals surface area contributed by atoms with Crippen LogP contribution in [0.5, 0.6) is 0 Å². The number of carbonyl (C=O) groups is 1. The van der Waals surface area contributed by atoms with Crippen LogP contribution in [0, 0.1) is 11.3 Å². The summed E-state index contributed by atoms with van der Waals surface area (Å²) in [6.45, 7) is 2.65. The largest absolute Gasteiger partial charge is 0.387 e. The van der Waals surface area contributed by atoms with Crippen molar-refractivity contribution in [3.05, 3.63) is 47.9 Å². The van der Waals surface area contributed by atoms with Crippen molar-refractivity contribution in [2.24, 2.45) is 0 Å². The van der Waals surface area contributed by atoms with E-state index in [0.29, 0.717) is 29.3 Å². The van der Waals surface area contributed by atoms with E-state index in [0.717, 1.165) is 5.39 Å². The Bertz CT molecular complexity index is 1270. The first-order valence-electron chi connectivity index (χ1n) is 11.2. The molecule has 1 saturated heterocycles. The normalized spacial score (nSPS) is 19.2. The zero-order chi connectivity index (χ0) is 25.2. The number of nitriles is 1. The summed E-state index contributed by atoms with van der Waals surface area (Å²) in [5.74, 6) is -0.219. The van der Waals surface area contributed by atoms with Crippen LogP contribution in [-0.4, -0.2) is 69.3 Å². The molecule has 0 aliphatic carbocycles. The topological polar surface area (TPSA) is 125 Å². The maximum Gasteiger partial charge on any atom is 0.255 e. The molecule has 3 atom stereocenters. The number of nitrogens with one attached hydrogen (secondary N) is 2. The summed E-state index contributed by atoms with van der Waals surface area (Å²) in [6.07, 6.45) is 1.84. The lowest BCUT2D eigenvalue weighted by molar-refractivity contribution is -0.00178. The predicted octanol–water partition coefficient (Wildman–Crippen LogP) is 2.67. The van der Waals surface area contributed by atoms with Crippen LogP contribution >= 0.6 is 0 Å². The van der Waals surface area contributed by atoms with Gasteiger partial charge in [-0.2, -0.15) is 5.26 Å². The number of pyridine rings is 2.